The Morgan fingerprint density at radius 1 is 1.08 bits per heavy atom. The van der Waals surface area contributed by atoms with Gasteiger partial charge in [0, 0.05) is 6.04 Å². The molecule has 138 valence electrons. The van der Waals surface area contributed by atoms with Crippen LogP contribution in [0.4, 0.5) is 5.69 Å². The first-order valence-corrected chi connectivity index (χ1v) is 8.92. The molecule has 5 nitrogen and oxygen atoms in total. The molecule has 2 atom stereocenters. The molecule has 6 heteroatoms. The van der Waals surface area contributed by atoms with Crippen LogP contribution < -0.4 is 15.4 Å². The number of ether oxygens (including phenoxy) is 1. The molecule has 0 saturated carbocycles. The molecule has 2 N–H and O–H groups in total. The van der Waals surface area contributed by atoms with Crippen molar-refractivity contribution in [3.63, 3.8) is 0 Å². The van der Waals surface area contributed by atoms with Gasteiger partial charge in [-0.3, -0.25) is 9.59 Å². The Morgan fingerprint density at radius 3 is 2.42 bits per heavy atom. The van der Waals surface area contributed by atoms with Crippen LogP contribution in [0.15, 0.2) is 48.5 Å². The maximum atomic E-state index is 12.5. The Bertz CT molecular complexity index is 779. The SMILES string of the molecule is CC[C@H](C)NC(=O)c1ccccc1NC(=O)[C@H](C)Oc1ccccc1Cl. The predicted molar refractivity (Wildman–Crippen MR) is 104 cm³/mol. The fourth-order valence-corrected chi connectivity index (χ4v) is 2.39. The van der Waals surface area contributed by atoms with Gasteiger partial charge in [-0.25, -0.2) is 0 Å². The highest BCUT2D eigenvalue weighted by Crippen LogP contribution is 2.24. The largest absolute Gasteiger partial charge is 0.479 e. The Morgan fingerprint density at radius 2 is 1.73 bits per heavy atom. The van der Waals surface area contributed by atoms with Gasteiger partial charge in [-0.2, -0.15) is 0 Å². The van der Waals surface area contributed by atoms with Gasteiger partial charge < -0.3 is 15.4 Å². The van der Waals surface area contributed by atoms with Gasteiger partial charge in [0.25, 0.3) is 11.8 Å². The van der Waals surface area contributed by atoms with Crippen LogP contribution >= 0.6 is 11.6 Å². The molecule has 0 aromatic heterocycles. The average Bonchev–Trinajstić information content (AvgIpc) is 2.63. The van der Waals surface area contributed by atoms with Crippen LogP contribution in [0.3, 0.4) is 0 Å². The van der Waals surface area contributed by atoms with E-state index in [9.17, 15) is 9.59 Å². The first kappa shape index (κ1) is 19.8. The summed E-state index contributed by atoms with van der Waals surface area (Å²) in [5.41, 5.74) is 0.846. The highest BCUT2D eigenvalue weighted by molar-refractivity contribution is 6.32. The van der Waals surface area contributed by atoms with Crippen molar-refractivity contribution < 1.29 is 14.3 Å². The molecule has 2 aromatic carbocycles. The van der Waals surface area contributed by atoms with Crippen LogP contribution in [0, 0.1) is 0 Å². The fraction of sp³-hybridized carbons (Fsp3) is 0.300. The van der Waals surface area contributed by atoms with Crippen molar-refractivity contribution in [2.75, 3.05) is 5.32 Å². The first-order chi connectivity index (χ1) is 12.4. The molecule has 0 radical (unpaired) electrons. The molecule has 0 fully saturated rings. The number of anilines is 1. The number of carbonyl (C=O) groups is 2. The van der Waals surface area contributed by atoms with E-state index in [0.29, 0.717) is 22.0 Å². The number of para-hydroxylation sites is 2. The summed E-state index contributed by atoms with van der Waals surface area (Å²) in [6, 6.07) is 13.9. The minimum absolute atomic E-state index is 0.0498. The third kappa shape index (κ3) is 5.23. The molecule has 2 aromatic rings. The van der Waals surface area contributed by atoms with Crippen molar-refractivity contribution in [3.8, 4) is 5.75 Å². The van der Waals surface area contributed by atoms with Crippen LogP contribution in [0.25, 0.3) is 0 Å². The zero-order chi connectivity index (χ0) is 19.1. The van der Waals surface area contributed by atoms with E-state index in [-0.39, 0.29) is 17.9 Å². The second-order valence-electron chi connectivity index (χ2n) is 6.01. The smallest absolute Gasteiger partial charge is 0.265 e. The molecule has 2 rings (SSSR count). The molecule has 26 heavy (non-hydrogen) atoms. The van der Waals surface area contributed by atoms with Gasteiger partial charge in [-0.05, 0) is 44.5 Å². The number of nitrogens with one attached hydrogen (secondary N) is 2. The maximum absolute atomic E-state index is 12.5. The molecule has 0 aliphatic heterocycles. The number of carbonyl (C=O) groups excluding carboxylic acids is 2. The molecule has 2 amide bonds. The normalized spacial score (nSPS) is 12.8. The van der Waals surface area contributed by atoms with Crippen LogP contribution in [0.2, 0.25) is 5.02 Å². The van der Waals surface area contributed by atoms with Crippen LogP contribution in [-0.4, -0.2) is 24.0 Å². The van der Waals surface area contributed by atoms with Crippen LogP contribution in [0.1, 0.15) is 37.6 Å². The summed E-state index contributed by atoms with van der Waals surface area (Å²) in [6.45, 7) is 5.55. The number of amides is 2. The highest BCUT2D eigenvalue weighted by atomic mass is 35.5. The minimum atomic E-state index is -0.777. The molecule has 0 heterocycles. The van der Waals surface area contributed by atoms with Gasteiger partial charge >= 0.3 is 0 Å². The van der Waals surface area contributed by atoms with Crippen molar-refractivity contribution in [2.45, 2.75) is 39.3 Å². The summed E-state index contributed by atoms with van der Waals surface area (Å²) in [5.74, 6) is -0.164. The average molecular weight is 375 g/mol. The summed E-state index contributed by atoms with van der Waals surface area (Å²) < 4.78 is 5.62. The Hall–Kier alpha value is -2.53. The van der Waals surface area contributed by atoms with Crippen molar-refractivity contribution in [1.29, 1.82) is 0 Å². The van der Waals surface area contributed by atoms with Crippen molar-refractivity contribution >= 4 is 29.1 Å². The zero-order valence-electron chi connectivity index (χ0n) is 15.1. The monoisotopic (exact) mass is 374 g/mol. The summed E-state index contributed by atoms with van der Waals surface area (Å²) in [4.78, 5) is 24.9. The van der Waals surface area contributed by atoms with E-state index in [2.05, 4.69) is 10.6 Å². The maximum Gasteiger partial charge on any atom is 0.265 e. The van der Waals surface area contributed by atoms with Crippen LogP contribution in [-0.2, 0) is 4.79 Å². The molecular weight excluding hydrogens is 352 g/mol. The topological polar surface area (TPSA) is 67.4 Å². The number of hydrogen-bond acceptors (Lipinski definition) is 3. The highest BCUT2D eigenvalue weighted by Gasteiger charge is 2.19. The second-order valence-corrected chi connectivity index (χ2v) is 6.42. The lowest BCUT2D eigenvalue weighted by molar-refractivity contribution is -0.122. The molecule has 0 unspecified atom stereocenters. The van der Waals surface area contributed by atoms with E-state index in [4.69, 9.17) is 16.3 Å². The molecule has 0 aliphatic carbocycles. The second kappa shape index (κ2) is 9.25. The van der Waals surface area contributed by atoms with Gasteiger partial charge in [0.05, 0.1) is 16.3 Å². The lowest BCUT2D eigenvalue weighted by atomic mass is 10.1. The standard InChI is InChI=1S/C20H23ClN2O3/c1-4-13(2)22-20(25)15-9-5-7-11-17(15)23-19(24)14(3)26-18-12-8-6-10-16(18)21/h5-14H,4H2,1-3H3,(H,22,25)(H,23,24)/t13-,14-/m0/s1. The van der Waals surface area contributed by atoms with Gasteiger partial charge in [0.2, 0.25) is 0 Å². The molecule has 0 aliphatic rings. The third-order valence-electron chi connectivity index (χ3n) is 3.93. The van der Waals surface area contributed by atoms with Crippen molar-refractivity contribution in [1.82, 2.24) is 5.32 Å². The summed E-state index contributed by atoms with van der Waals surface area (Å²) in [6.07, 6.45) is 0.0452. The Labute approximate surface area is 158 Å². The van der Waals surface area contributed by atoms with Crippen molar-refractivity contribution in [3.05, 3.63) is 59.1 Å². The first-order valence-electron chi connectivity index (χ1n) is 8.54. The Balaban J connectivity index is 2.09. The van der Waals surface area contributed by atoms with Gasteiger partial charge in [0.15, 0.2) is 6.10 Å². The van der Waals surface area contributed by atoms with E-state index in [1.54, 1.807) is 55.5 Å². The van der Waals surface area contributed by atoms with Gasteiger partial charge in [0.1, 0.15) is 5.75 Å². The number of halogens is 1. The summed E-state index contributed by atoms with van der Waals surface area (Å²) in [7, 11) is 0. The molecule has 0 saturated heterocycles. The molecule has 0 bridgehead atoms. The van der Waals surface area contributed by atoms with Crippen molar-refractivity contribution in [2.24, 2.45) is 0 Å². The molecular formula is C20H23ClN2O3. The van der Waals surface area contributed by atoms with E-state index >= 15 is 0 Å². The van der Waals surface area contributed by atoms with E-state index in [0.717, 1.165) is 6.42 Å². The predicted octanol–water partition coefficient (Wildman–Crippen LogP) is 4.27. The van der Waals surface area contributed by atoms with Crippen LogP contribution in [0.5, 0.6) is 5.75 Å². The fourth-order valence-electron chi connectivity index (χ4n) is 2.21. The molecule has 0 spiro atoms. The van der Waals surface area contributed by atoms with Gasteiger partial charge in [-0.15, -0.1) is 0 Å². The Kier molecular flexibility index (Phi) is 7.04. The minimum Gasteiger partial charge on any atom is -0.479 e. The third-order valence-corrected chi connectivity index (χ3v) is 4.24. The summed E-state index contributed by atoms with van der Waals surface area (Å²) in [5, 5.41) is 6.08. The lowest BCUT2D eigenvalue weighted by Crippen LogP contribution is -2.34. The summed E-state index contributed by atoms with van der Waals surface area (Å²) >= 11 is 6.05. The number of benzene rings is 2. The van der Waals surface area contributed by atoms with E-state index in [1.807, 2.05) is 13.8 Å². The zero-order valence-corrected chi connectivity index (χ0v) is 15.8. The van der Waals surface area contributed by atoms with E-state index in [1.165, 1.54) is 0 Å². The van der Waals surface area contributed by atoms with E-state index < -0.39 is 6.10 Å². The number of rotatable bonds is 7. The number of hydrogen-bond donors (Lipinski definition) is 2. The quantitative estimate of drug-likeness (QED) is 0.760. The lowest BCUT2D eigenvalue weighted by Gasteiger charge is -2.18. The van der Waals surface area contributed by atoms with Gasteiger partial charge in [-0.1, -0.05) is 42.8 Å².